The molecule has 3 heteroatoms. The van der Waals surface area contributed by atoms with Gasteiger partial charge in [-0.05, 0) is 17.5 Å². The van der Waals surface area contributed by atoms with Crippen molar-refractivity contribution < 1.29 is 14.7 Å². The average molecular weight is 268 g/mol. The molecule has 0 amide bonds. The lowest BCUT2D eigenvalue weighted by atomic mass is 9.95. The lowest BCUT2D eigenvalue weighted by molar-refractivity contribution is 0.0815. The zero-order valence-corrected chi connectivity index (χ0v) is 11.5. The van der Waals surface area contributed by atoms with E-state index >= 15 is 0 Å². The Labute approximate surface area is 117 Å². The van der Waals surface area contributed by atoms with Gasteiger partial charge in [0, 0.05) is 5.56 Å². The fraction of sp³-hybridized carbons (Fsp3) is 0.176. The molecule has 2 rings (SSSR count). The molecule has 0 saturated carbocycles. The minimum absolute atomic E-state index is 0.0602. The van der Waals surface area contributed by atoms with E-state index in [0.717, 1.165) is 0 Å². The number of rotatable bonds is 4. The first kappa shape index (κ1) is 14.0. The quantitative estimate of drug-likeness (QED) is 0.681. The number of phenolic OH excluding ortho intramolecular Hbond substituents is 1. The molecule has 0 spiro atoms. The van der Waals surface area contributed by atoms with Crippen molar-refractivity contribution in [3.63, 3.8) is 0 Å². The molecule has 1 N–H and O–H groups in total. The van der Waals surface area contributed by atoms with Crippen LogP contribution in [0.25, 0.3) is 0 Å². The third-order valence-electron chi connectivity index (χ3n) is 3.18. The van der Waals surface area contributed by atoms with Gasteiger partial charge in [-0.15, -0.1) is 0 Å². The van der Waals surface area contributed by atoms with Crippen molar-refractivity contribution in [1.29, 1.82) is 0 Å². The predicted molar refractivity (Wildman–Crippen MR) is 77.3 cm³/mol. The van der Waals surface area contributed by atoms with Crippen LogP contribution in [0, 0.1) is 0 Å². The molecule has 0 aliphatic heterocycles. The van der Waals surface area contributed by atoms with Gasteiger partial charge in [-0.25, -0.2) is 0 Å². The van der Waals surface area contributed by atoms with Crippen LogP contribution in [-0.4, -0.2) is 16.7 Å². The second kappa shape index (κ2) is 5.70. The van der Waals surface area contributed by atoms with Crippen LogP contribution in [0.2, 0.25) is 0 Å². The first-order chi connectivity index (χ1) is 9.52. The summed E-state index contributed by atoms with van der Waals surface area (Å²) in [5.74, 6) is -1.32. The van der Waals surface area contributed by atoms with Crippen LogP contribution >= 0.6 is 0 Å². The van der Waals surface area contributed by atoms with Gasteiger partial charge in [0.05, 0.1) is 5.56 Å². The number of benzene rings is 2. The summed E-state index contributed by atoms with van der Waals surface area (Å²) in [5, 5.41) is 10.2. The van der Waals surface area contributed by atoms with E-state index in [1.54, 1.807) is 42.5 Å². The van der Waals surface area contributed by atoms with Crippen LogP contribution in [0.4, 0.5) is 0 Å². The second-order valence-corrected chi connectivity index (χ2v) is 4.92. The highest BCUT2D eigenvalue weighted by atomic mass is 16.3. The molecule has 0 heterocycles. The highest BCUT2D eigenvalue weighted by Crippen LogP contribution is 2.29. The number of para-hydroxylation sites is 1. The van der Waals surface area contributed by atoms with E-state index in [2.05, 4.69) is 0 Å². The summed E-state index contributed by atoms with van der Waals surface area (Å²) in [6.07, 6.45) is 0. The van der Waals surface area contributed by atoms with E-state index in [1.165, 1.54) is 6.07 Å². The molecule has 2 aromatic carbocycles. The Kier molecular flexibility index (Phi) is 3.99. The molecule has 0 saturated heterocycles. The van der Waals surface area contributed by atoms with Crippen molar-refractivity contribution in [3.8, 4) is 5.75 Å². The van der Waals surface area contributed by atoms with Gasteiger partial charge in [0.25, 0.3) is 0 Å². The van der Waals surface area contributed by atoms with Crippen molar-refractivity contribution in [2.24, 2.45) is 0 Å². The number of hydrogen-bond donors (Lipinski definition) is 1. The Morgan fingerprint density at radius 3 is 2.15 bits per heavy atom. The van der Waals surface area contributed by atoms with Gasteiger partial charge in [0.2, 0.25) is 11.6 Å². The van der Waals surface area contributed by atoms with Crippen molar-refractivity contribution >= 4 is 11.6 Å². The Morgan fingerprint density at radius 2 is 1.55 bits per heavy atom. The summed E-state index contributed by atoms with van der Waals surface area (Å²) in [6.45, 7) is 3.84. The Bertz CT molecular complexity index is 643. The minimum Gasteiger partial charge on any atom is -0.507 e. The number of ketones is 2. The van der Waals surface area contributed by atoms with Crippen molar-refractivity contribution in [2.45, 2.75) is 19.8 Å². The first-order valence-corrected chi connectivity index (χ1v) is 6.48. The lowest BCUT2D eigenvalue weighted by Gasteiger charge is -2.11. The third-order valence-corrected chi connectivity index (χ3v) is 3.18. The number of carbonyl (C=O) groups is 2. The molecular weight excluding hydrogens is 252 g/mol. The summed E-state index contributed by atoms with van der Waals surface area (Å²) in [6, 6.07) is 13.3. The zero-order chi connectivity index (χ0) is 14.7. The fourth-order valence-corrected chi connectivity index (χ4v) is 2.05. The van der Waals surface area contributed by atoms with Crippen LogP contribution < -0.4 is 0 Å². The molecule has 0 radical (unpaired) electrons. The number of Topliss-reactive ketones (excluding diaryl/α,β-unsaturated/α-hetero) is 2. The minimum atomic E-state index is -0.684. The van der Waals surface area contributed by atoms with E-state index in [-0.39, 0.29) is 17.2 Å². The summed E-state index contributed by atoms with van der Waals surface area (Å²) in [5.41, 5.74) is 1.05. The lowest BCUT2D eigenvalue weighted by Crippen LogP contribution is -2.15. The Balaban J connectivity index is 2.40. The van der Waals surface area contributed by atoms with Gasteiger partial charge < -0.3 is 5.11 Å². The van der Waals surface area contributed by atoms with Gasteiger partial charge >= 0.3 is 0 Å². The molecule has 20 heavy (non-hydrogen) atoms. The van der Waals surface area contributed by atoms with E-state index in [1.807, 2.05) is 13.8 Å². The molecule has 0 aliphatic carbocycles. The summed E-state index contributed by atoms with van der Waals surface area (Å²) in [4.78, 5) is 24.3. The van der Waals surface area contributed by atoms with Crippen molar-refractivity contribution in [2.75, 3.05) is 0 Å². The van der Waals surface area contributed by atoms with Crippen molar-refractivity contribution in [1.82, 2.24) is 0 Å². The van der Waals surface area contributed by atoms with Crippen LogP contribution in [-0.2, 0) is 0 Å². The predicted octanol–water partition coefficient (Wildman–Crippen LogP) is 3.58. The molecule has 0 atom stereocenters. The Hall–Kier alpha value is -2.42. The number of phenols is 1. The SMILES string of the molecule is CC(C)c1cccc(C(=O)C(=O)c2ccccc2)c1O. The summed E-state index contributed by atoms with van der Waals surface area (Å²) >= 11 is 0. The van der Waals surface area contributed by atoms with E-state index < -0.39 is 11.6 Å². The summed E-state index contributed by atoms with van der Waals surface area (Å²) in [7, 11) is 0. The maximum absolute atomic E-state index is 12.2. The van der Waals surface area contributed by atoms with Crippen LogP contribution in [0.15, 0.2) is 48.5 Å². The molecule has 102 valence electrons. The normalized spacial score (nSPS) is 10.6. The van der Waals surface area contributed by atoms with Gasteiger partial charge in [-0.2, -0.15) is 0 Å². The third kappa shape index (κ3) is 2.62. The van der Waals surface area contributed by atoms with Crippen LogP contribution in [0.3, 0.4) is 0 Å². The topological polar surface area (TPSA) is 54.4 Å². The second-order valence-electron chi connectivity index (χ2n) is 4.92. The largest absolute Gasteiger partial charge is 0.507 e. The first-order valence-electron chi connectivity index (χ1n) is 6.48. The van der Waals surface area contributed by atoms with E-state index in [4.69, 9.17) is 0 Å². The molecule has 0 bridgehead atoms. The van der Waals surface area contributed by atoms with E-state index in [0.29, 0.717) is 11.1 Å². The number of aromatic hydroxyl groups is 1. The standard InChI is InChI=1S/C17H16O3/c1-11(2)13-9-6-10-14(16(13)19)17(20)15(18)12-7-4-3-5-8-12/h3-11,19H,1-2H3. The maximum Gasteiger partial charge on any atom is 0.237 e. The maximum atomic E-state index is 12.2. The number of carbonyl (C=O) groups excluding carboxylic acids is 2. The average Bonchev–Trinajstić information content (AvgIpc) is 2.46. The van der Waals surface area contributed by atoms with Gasteiger partial charge in [0.15, 0.2) is 0 Å². The van der Waals surface area contributed by atoms with Gasteiger partial charge in [0.1, 0.15) is 5.75 Å². The van der Waals surface area contributed by atoms with Crippen LogP contribution in [0.5, 0.6) is 5.75 Å². The molecule has 2 aromatic rings. The Morgan fingerprint density at radius 1 is 0.900 bits per heavy atom. The molecule has 0 fully saturated rings. The molecule has 0 aliphatic rings. The highest BCUT2D eigenvalue weighted by Gasteiger charge is 2.22. The summed E-state index contributed by atoms with van der Waals surface area (Å²) < 4.78 is 0. The smallest absolute Gasteiger partial charge is 0.237 e. The van der Waals surface area contributed by atoms with Crippen LogP contribution in [0.1, 0.15) is 46.0 Å². The number of hydrogen-bond acceptors (Lipinski definition) is 3. The molecular formula is C17H16O3. The molecule has 0 unspecified atom stereocenters. The fourth-order valence-electron chi connectivity index (χ4n) is 2.05. The monoisotopic (exact) mass is 268 g/mol. The van der Waals surface area contributed by atoms with Gasteiger partial charge in [-0.3, -0.25) is 9.59 Å². The van der Waals surface area contributed by atoms with E-state index in [9.17, 15) is 14.7 Å². The van der Waals surface area contributed by atoms with Crippen molar-refractivity contribution in [3.05, 3.63) is 65.2 Å². The zero-order valence-electron chi connectivity index (χ0n) is 11.5. The molecule has 3 nitrogen and oxygen atoms in total. The van der Waals surface area contributed by atoms with Gasteiger partial charge in [-0.1, -0.05) is 56.3 Å². The highest BCUT2D eigenvalue weighted by molar-refractivity contribution is 6.49. The molecule has 0 aromatic heterocycles.